The van der Waals surface area contributed by atoms with Gasteiger partial charge in [-0.1, -0.05) is 0 Å². The maximum Gasteiger partial charge on any atom is 0.416 e. The van der Waals surface area contributed by atoms with Crippen LogP contribution < -0.4 is 10.2 Å². The number of halogens is 3. The first-order chi connectivity index (χ1) is 9.44. The molecule has 1 unspecified atom stereocenters. The zero-order chi connectivity index (χ0) is 14.8. The largest absolute Gasteiger partial charge is 0.416 e. The number of methoxy groups -OCH3 is 1. The molecular weight excluding hydrogens is 271 g/mol. The second-order valence-electron chi connectivity index (χ2n) is 4.72. The van der Waals surface area contributed by atoms with Crippen LogP contribution in [0.1, 0.15) is 18.9 Å². The minimum absolute atomic E-state index is 0.0499. The highest BCUT2D eigenvalue weighted by atomic mass is 19.4. The number of alkyl halides is 3. The molecule has 2 rings (SSSR count). The SMILES string of the molecule is CCNc1cc(C(F)(F)F)cc(N2CCC(OC)C2)n1. The lowest BCUT2D eigenvalue weighted by molar-refractivity contribution is -0.137. The number of nitrogens with one attached hydrogen (secondary N) is 1. The number of anilines is 2. The Morgan fingerprint density at radius 2 is 2.20 bits per heavy atom. The van der Waals surface area contributed by atoms with E-state index in [9.17, 15) is 13.2 Å². The van der Waals surface area contributed by atoms with Crippen molar-refractivity contribution in [3.05, 3.63) is 17.7 Å². The van der Waals surface area contributed by atoms with Gasteiger partial charge in [0.15, 0.2) is 0 Å². The van der Waals surface area contributed by atoms with Crippen molar-refractivity contribution in [2.45, 2.75) is 25.6 Å². The third-order valence-electron chi connectivity index (χ3n) is 3.30. The predicted molar refractivity (Wildman–Crippen MR) is 71.0 cm³/mol. The molecule has 1 aliphatic heterocycles. The normalized spacial score (nSPS) is 19.4. The molecule has 0 radical (unpaired) electrons. The molecule has 4 nitrogen and oxygen atoms in total. The van der Waals surface area contributed by atoms with Crippen LogP contribution in [-0.2, 0) is 10.9 Å². The first-order valence-corrected chi connectivity index (χ1v) is 6.55. The van der Waals surface area contributed by atoms with Crippen LogP contribution in [0.3, 0.4) is 0 Å². The molecule has 0 spiro atoms. The van der Waals surface area contributed by atoms with Crippen LogP contribution in [0.15, 0.2) is 12.1 Å². The van der Waals surface area contributed by atoms with E-state index < -0.39 is 11.7 Å². The standard InChI is InChI=1S/C13H18F3N3O/c1-3-17-11-6-9(13(14,15)16)7-12(18-11)19-5-4-10(8-19)20-2/h6-7,10H,3-5,8H2,1-2H3,(H,17,18). The molecule has 1 saturated heterocycles. The molecule has 1 aromatic rings. The van der Waals surface area contributed by atoms with Crippen molar-refractivity contribution < 1.29 is 17.9 Å². The highest BCUT2D eigenvalue weighted by Crippen LogP contribution is 2.33. The van der Waals surface area contributed by atoms with Gasteiger partial charge in [0.05, 0.1) is 11.7 Å². The fourth-order valence-electron chi connectivity index (χ4n) is 2.24. The molecule has 1 N–H and O–H groups in total. The minimum Gasteiger partial charge on any atom is -0.380 e. The number of nitrogens with zero attached hydrogens (tertiary/aromatic N) is 2. The number of pyridine rings is 1. The zero-order valence-electron chi connectivity index (χ0n) is 11.5. The van der Waals surface area contributed by atoms with E-state index in [0.29, 0.717) is 25.5 Å². The van der Waals surface area contributed by atoms with Crippen molar-refractivity contribution in [2.75, 3.05) is 37.0 Å². The Balaban J connectivity index is 2.30. The van der Waals surface area contributed by atoms with Gasteiger partial charge in [-0.2, -0.15) is 13.2 Å². The summed E-state index contributed by atoms with van der Waals surface area (Å²) in [5, 5.41) is 2.84. The Hall–Kier alpha value is -1.50. The van der Waals surface area contributed by atoms with E-state index in [1.54, 1.807) is 7.11 Å². The van der Waals surface area contributed by atoms with Crippen LogP contribution in [0, 0.1) is 0 Å². The van der Waals surface area contributed by atoms with Gasteiger partial charge >= 0.3 is 6.18 Å². The third-order valence-corrected chi connectivity index (χ3v) is 3.30. The van der Waals surface area contributed by atoms with Gasteiger partial charge in [-0.15, -0.1) is 0 Å². The fraction of sp³-hybridized carbons (Fsp3) is 0.615. The van der Waals surface area contributed by atoms with E-state index in [2.05, 4.69) is 10.3 Å². The van der Waals surface area contributed by atoms with Crippen molar-refractivity contribution in [1.29, 1.82) is 0 Å². The first-order valence-electron chi connectivity index (χ1n) is 6.55. The van der Waals surface area contributed by atoms with Gasteiger partial charge in [-0.25, -0.2) is 4.98 Å². The van der Waals surface area contributed by atoms with Crippen LogP contribution in [0.5, 0.6) is 0 Å². The Kier molecular flexibility index (Phi) is 4.37. The lowest BCUT2D eigenvalue weighted by atomic mass is 10.2. The van der Waals surface area contributed by atoms with Crippen molar-refractivity contribution in [1.82, 2.24) is 4.98 Å². The summed E-state index contributed by atoms with van der Waals surface area (Å²) < 4.78 is 44.0. The molecule has 0 saturated carbocycles. The van der Waals surface area contributed by atoms with Crippen molar-refractivity contribution in [3.8, 4) is 0 Å². The quantitative estimate of drug-likeness (QED) is 0.925. The number of rotatable bonds is 4. The van der Waals surface area contributed by atoms with E-state index in [1.807, 2.05) is 11.8 Å². The molecule has 0 aliphatic carbocycles. The van der Waals surface area contributed by atoms with Gasteiger partial charge in [0.25, 0.3) is 0 Å². The number of ether oxygens (including phenoxy) is 1. The topological polar surface area (TPSA) is 37.4 Å². The van der Waals surface area contributed by atoms with E-state index in [0.717, 1.165) is 18.6 Å². The van der Waals surface area contributed by atoms with Crippen molar-refractivity contribution in [2.24, 2.45) is 0 Å². The average molecular weight is 289 g/mol. The first kappa shape index (κ1) is 14.9. The Morgan fingerprint density at radius 3 is 2.75 bits per heavy atom. The molecule has 0 bridgehead atoms. The summed E-state index contributed by atoms with van der Waals surface area (Å²) >= 11 is 0. The van der Waals surface area contributed by atoms with Crippen LogP contribution >= 0.6 is 0 Å². The Bertz CT molecular complexity index is 465. The highest BCUT2D eigenvalue weighted by molar-refractivity contribution is 5.52. The highest BCUT2D eigenvalue weighted by Gasteiger charge is 2.33. The number of hydrogen-bond acceptors (Lipinski definition) is 4. The smallest absolute Gasteiger partial charge is 0.380 e. The molecule has 2 heterocycles. The molecule has 1 aliphatic rings. The minimum atomic E-state index is -4.37. The predicted octanol–water partition coefficient (Wildman–Crippen LogP) is 2.76. The summed E-state index contributed by atoms with van der Waals surface area (Å²) in [5.74, 6) is 0.591. The fourth-order valence-corrected chi connectivity index (χ4v) is 2.24. The van der Waals surface area contributed by atoms with E-state index in [4.69, 9.17) is 4.74 Å². The summed E-state index contributed by atoms with van der Waals surface area (Å²) in [7, 11) is 1.61. The van der Waals surface area contributed by atoms with Gasteiger partial charge in [-0.3, -0.25) is 0 Å². The summed E-state index contributed by atoms with van der Waals surface area (Å²) in [6.07, 6.45) is -3.53. The van der Waals surface area contributed by atoms with Gasteiger partial charge in [-0.05, 0) is 25.5 Å². The Labute approximate surface area is 115 Å². The van der Waals surface area contributed by atoms with Gasteiger partial charge < -0.3 is 15.0 Å². The van der Waals surface area contributed by atoms with Crippen LogP contribution in [0.25, 0.3) is 0 Å². The number of hydrogen-bond donors (Lipinski definition) is 1. The average Bonchev–Trinajstić information content (AvgIpc) is 2.86. The van der Waals surface area contributed by atoms with Gasteiger partial charge in [0.2, 0.25) is 0 Å². The molecule has 7 heteroatoms. The zero-order valence-corrected chi connectivity index (χ0v) is 11.5. The van der Waals surface area contributed by atoms with E-state index >= 15 is 0 Å². The maximum absolute atomic E-state index is 12.9. The molecular formula is C13H18F3N3O. The lowest BCUT2D eigenvalue weighted by Crippen LogP contribution is -2.24. The monoisotopic (exact) mass is 289 g/mol. The van der Waals surface area contributed by atoms with E-state index in [1.165, 1.54) is 0 Å². The Morgan fingerprint density at radius 1 is 1.45 bits per heavy atom. The summed E-state index contributed by atoms with van der Waals surface area (Å²) in [4.78, 5) is 6.07. The number of aromatic nitrogens is 1. The van der Waals surface area contributed by atoms with Gasteiger partial charge in [0.1, 0.15) is 11.6 Å². The molecule has 1 atom stereocenters. The summed E-state index contributed by atoms with van der Waals surface area (Å²) in [6.45, 7) is 3.56. The van der Waals surface area contributed by atoms with E-state index in [-0.39, 0.29) is 11.9 Å². The third kappa shape index (κ3) is 3.33. The molecule has 112 valence electrons. The van der Waals surface area contributed by atoms with Crippen LogP contribution in [0.4, 0.5) is 24.8 Å². The molecule has 20 heavy (non-hydrogen) atoms. The molecule has 1 fully saturated rings. The summed E-state index contributed by atoms with van der Waals surface area (Å²) in [5.41, 5.74) is -0.681. The van der Waals surface area contributed by atoms with Crippen molar-refractivity contribution >= 4 is 11.6 Å². The second kappa shape index (κ2) is 5.87. The molecule has 0 amide bonds. The maximum atomic E-state index is 12.9. The van der Waals surface area contributed by atoms with Crippen molar-refractivity contribution in [3.63, 3.8) is 0 Å². The molecule has 0 aromatic carbocycles. The summed E-state index contributed by atoms with van der Waals surface area (Å²) in [6, 6.07) is 2.13. The van der Waals surface area contributed by atoms with Crippen LogP contribution in [0.2, 0.25) is 0 Å². The lowest BCUT2D eigenvalue weighted by Gasteiger charge is -2.20. The van der Waals surface area contributed by atoms with Crippen LogP contribution in [-0.4, -0.2) is 37.8 Å². The second-order valence-corrected chi connectivity index (χ2v) is 4.72. The molecule has 1 aromatic heterocycles. The van der Waals surface area contributed by atoms with Gasteiger partial charge in [0, 0.05) is 26.7 Å².